The number of carboxylic acid groups (broad SMARTS) is 2. The molecular formula is C17H30N2O6. The average Bonchev–Trinajstić information content (AvgIpc) is 3.05. The average molecular weight is 358 g/mol. The molecule has 2 atom stereocenters. The van der Waals surface area contributed by atoms with Gasteiger partial charge < -0.3 is 20.3 Å². The van der Waals surface area contributed by atoms with Crippen LogP contribution in [0.5, 0.6) is 0 Å². The molecule has 8 heteroatoms. The van der Waals surface area contributed by atoms with Gasteiger partial charge in [-0.1, -0.05) is 0 Å². The Morgan fingerprint density at radius 3 is 2.00 bits per heavy atom. The second-order valence-electron chi connectivity index (χ2n) is 7.98. The maximum absolute atomic E-state index is 11.8. The molecule has 0 bridgehead atoms. The third kappa shape index (κ3) is 5.32. The fourth-order valence-electron chi connectivity index (χ4n) is 2.87. The van der Waals surface area contributed by atoms with E-state index in [0.717, 1.165) is 19.4 Å². The first kappa shape index (κ1) is 21.2. The number of amides is 1. The first-order valence-electron chi connectivity index (χ1n) is 8.54. The highest BCUT2D eigenvalue weighted by molar-refractivity contribution is 5.84. The molecule has 1 amide bonds. The van der Waals surface area contributed by atoms with E-state index in [1.165, 1.54) is 4.90 Å². The summed E-state index contributed by atoms with van der Waals surface area (Å²) in [7, 11) is 0. The van der Waals surface area contributed by atoms with Gasteiger partial charge in [0.25, 0.3) is 0 Å². The van der Waals surface area contributed by atoms with Crippen LogP contribution in [0.15, 0.2) is 0 Å². The highest BCUT2D eigenvalue weighted by Gasteiger charge is 2.47. The standard InChI is InChI=1S/C11H19NO4.C6H11NO2/c1-10(2,3)16-9(15)12-7-5-6-11(12,4)8(13)14;1-6(5(8)9)3-2-4-7-6/h5-7H2,1-4H3,(H,13,14);7H,2-4H2,1H3,(H,8,9)/t11-;6-/m00/s1. The number of nitrogens with zero attached hydrogens (tertiary/aromatic N) is 1. The van der Waals surface area contributed by atoms with E-state index in [4.69, 9.17) is 14.9 Å². The van der Waals surface area contributed by atoms with Gasteiger partial charge in [-0.25, -0.2) is 9.59 Å². The lowest BCUT2D eigenvalue weighted by Crippen LogP contribution is -2.52. The normalized spacial score (nSPS) is 28.9. The number of likely N-dealkylation sites (tertiary alicyclic amines) is 1. The molecule has 0 saturated carbocycles. The Bertz CT molecular complexity index is 522. The van der Waals surface area contributed by atoms with Crippen LogP contribution in [0.2, 0.25) is 0 Å². The number of aliphatic carboxylic acids is 2. The molecule has 0 aromatic heterocycles. The maximum Gasteiger partial charge on any atom is 0.411 e. The van der Waals surface area contributed by atoms with Crippen LogP contribution in [0, 0.1) is 0 Å². The van der Waals surface area contributed by atoms with Gasteiger partial charge in [-0.05, 0) is 66.8 Å². The number of carbonyl (C=O) groups excluding carboxylic acids is 1. The molecule has 8 nitrogen and oxygen atoms in total. The largest absolute Gasteiger partial charge is 0.480 e. The Hall–Kier alpha value is -1.83. The number of hydrogen-bond donors (Lipinski definition) is 3. The molecule has 0 aromatic carbocycles. The Morgan fingerprint density at radius 2 is 1.64 bits per heavy atom. The molecule has 0 aliphatic carbocycles. The van der Waals surface area contributed by atoms with Gasteiger partial charge in [0.2, 0.25) is 0 Å². The van der Waals surface area contributed by atoms with Gasteiger partial charge >= 0.3 is 18.0 Å². The van der Waals surface area contributed by atoms with E-state index in [1.807, 2.05) is 0 Å². The second kappa shape index (κ2) is 7.59. The fraction of sp³-hybridized carbons (Fsp3) is 0.824. The minimum Gasteiger partial charge on any atom is -0.480 e. The zero-order valence-corrected chi connectivity index (χ0v) is 15.7. The predicted molar refractivity (Wildman–Crippen MR) is 91.5 cm³/mol. The molecule has 0 spiro atoms. The molecule has 0 radical (unpaired) electrons. The van der Waals surface area contributed by atoms with Gasteiger partial charge in [-0.15, -0.1) is 0 Å². The molecule has 2 aliphatic rings. The lowest BCUT2D eigenvalue weighted by atomic mass is 10.00. The molecule has 3 N–H and O–H groups in total. The molecule has 0 unspecified atom stereocenters. The van der Waals surface area contributed by atoms with E-state index in [-0.39, 0.29) is 0 Å². The van der Waals surface area contributed by atoms with Crippen LogP contribution in [-0.2, 0) is 14.3 Å². The summed E-state index contributed by atoms with van der Waals surface area (Å²) in [5.41, 5.74) is -2.36. The van der Waals surface area contributed by atoms with Gasteiger partial charge in [0, 0.05) is 6.54 Å². The molecule has 2 fully saturated rings. The molecule has 2 aliphatic heterocycles. The summed E-state index contributed by atoms with van der Waals surface area (Å²) in [5.74, 6) is -1.71. The van der Waals surface area contributed by atoms with Crippen molar-refractivity contribution >= 4 is 18.0 Å². The number of carbonyl (C=O) groups is 3. The van der Waals surface area contributed by atoms with Gasteiger partial charge in [0.05, 0.1) is 0 Å². The summed E-state index contributed by atoms with van der Waals surface area (Å²) in [6.07, 6.45) is 2.35. The summed E-state index contributed by atoms with van der Waals surface area (Å²) >= 11 is 0. The monoisotopic (exact) mass is 358 g/mol. The fourth-order valence-corrected chi connectivity index (χ4v) is 2.87. The van der Waals surface area contributed by atoms with Crippen molar-refractivity contribution in [2.24, 2.45) is 0 Å². The summed E-state index contributed by atoms with van der Waals surface area (Å²) in [5, 5.41) is 20.7. The predicted octanol–water partition coefficient (Wildman–Crippen LogP) is 2.07. The van der Waals surface area contributed by atoms with Crippen LogP contribution in [-0.4, -0.2) is 62.9 Å². The van der Waals surface area contributed by atoms with Crippen molar-refractivity contribution < 1.29 is 29.3 Å². The van der Waals surface area contributed by atoms with Gasteiger partial charge in [0.15, 0.2) is 0 Å². The zero-order valence-electron chi connectivity index (χ0n) is 15.7. The van der Waals surface area contributed by atoms with E-state index in [9.17, 15) is 14.4 Å². The molecule has 25 heavy (non-hydrogen) atoms. The van der Waals surface area contributed by atoms with Crippen molar-refractivity contribution in [3.63, 3.8) is 0 Å². The molecule has 0 aromatic rings. The number of carboxylic acids is 2. The van der Waals surface area contributed by atoms with Crippen LogP contribution in [0.3, 0.4) is 0 Å². The van der Waals surface area contributed by atoms with Crippen molar-refractivity contribution in [2.75, 3.05) is 13.1 Å². The quantitative estimate of drug-likeness (QED) is 0.692. The summed E-state index contributed by atoms with van der Waals surface area (Å²) in [4.78, 5) is 34.7. The minimum atomic E-state index is -1.12. The first-order valence-corrected chi connectivity index (χ1v) is 8.54. The van der Waals surface area contributed by atoms with E-state index in [0.29, 0.717) is 19.4 Å². The second-order valence-corrected chi connectivity index (χ2v) is 7.98. The summed E-state index contributed by atoms with van der Waals surface area (Å²) in [6, 6.07) is 0. The number of rotatable bonds is 2. The van der Waals surface area contributed by atoms with Crippen LogP contribution in [0.4, 0.5) is 4.79 Å². The van der Waals surface area contributed by atoms with E-state index in [1.54, 1.807) is 34.6 Å². The van der Waals surface area contributed by atoms with Crippen molar-refractivity contribution in [3.05, 3.63) is 0 Å². The minimum absolute atomic E-state index is 0.442. The molecule has 144 valence electrons. The van der Waals surface area contributed by atoms with Gasteiger partial charge in [0.1, 0.15) is 16.7 Å². The topological polar surface area (TPSA) is 116 Å². The summed E-state index contributed by atoms with van der Waals surface area (Å²) < 4.78 is 5.19. The Labute approximate surface area is 148 Å². The molecular weight excluding hydrogens is 328 g/mol. The van der Waals surface area contributed by atoms with Crippen molar-refractivity contribution in [1.29, 1.82) is 0 Å². The number of ether oxygens (including phenoxy) is 1. The smallest absolute Gasteiger partial charge is 0.411 e. The van der Waals surface area contributed by atoms with Crippen molar-refractivity contribution in [1.82, 2.24) is 10.2 Å². The Balaban J connectivity index is 0.000000293. The lowest BCUT2D eigenvalue weighted by molar-refractivity contribution is -0.148. The molecule has 2 rings (SSSR count). The molecule has 2 saturated heterocycles. The molecule has 2 heterocycles. The highest BCUT2D eigenvalue weighted by atomic mass is 16.6. The lowest BCUT2D eigenvalue weighted by Gasteiger charge is -2.32. The third-order valence-electron chi connectivity index (χ3n) is 4.56. The maximum atomic E-state index is 11.8. The van der Waals surface area contributed by atoms with Crippen LogP contribution >= 0.6 is 0 Å². The van der Waals surface area contributed by atoms with Gasteiger partial charge in [-0.2, -0.15) is 0 Å². The van der Waals surface area contributed by atoms with Crippen molar-refractivity contribution in [3.8, 4) is 0 Å². The van der Waals surface area contributed by atoms with E-state index in [2.05, 4.69) is 5.32 Å². The van der Waals surface area contributed by atoms with E-state index < -0.39 is 34.7 Å². The van der Waals surface area contributed by atoms with E-state index >= 15 is 0 Å². The Kier molecular flexibility index (Phi) is 6.44. The van der Waals surface area contributed by atoms with Gasteiger partial charge in [-0.3, -0.25) is 9.69 Å². The van der Waals surface area contributed by atoms with Crippen LogP contribution in [0.25, 0.3) is 0 Å². The number of hydrogen-bond acceptors (Lipinski definition) is 5. The summed E-state index contributed by atoms with van der Waals surface area (Å²) in [6.45, 7) is 9.85. The first-order chi connectivity index (χ1) is 11.3. The zero-order chi connectivity index (χ0) is 19.5. The highest BCUT2D eigenvalue weighted by Crippen LogP contribution is 2.30. The van der Waals surface area contributed by atoms with Crippen molar-refractivity contribution in [2.45, 2.75) is 77.0 Å². The van der Waals surface area contributed by atoms with Crippen LogP contribution < -0.4 is 5.32 Å². The Morgan fingerprint density at radius 1 is 1.04 bits per heavy atom. The SMILES string of the molecule is CC(C)(C)OC(=O)N1CCC[C@@]1(C)C(=O)O.C[C@@]1(C(=O)O)CCCN1. The number of nitrogens with one attached hydrogen (secondary N) is 1. The van der Waals surface area contributed by atoms with Crippen LogP contribution in [0.1, 0.15) is 60.3 Å². The third-order valence-corrected chi connectivity index (χ3v) is 4.56.